The SMILES string of the molecule is COCCOc1ccc(S(=O)(=O)NCc2cccs2)cc1. The Morgan fingerprint density at radius 1 is 1.14 bits per heavy atom. The second kappa shape index (κ2) is 7.56. The fourth-order valence-corrected chi connectivity index (χ4v) is 3.36. The molecule has 0 saturated heterocycles. The van der Waals surface area contributed by atoms with Crippen LogP contribution in [0.5, 0.6) is 5.75 Å². The molecule has 21 heavy (non-hydrogen) atoms. The highest BCUT2D eigenvalue weighted by Gasteiger charge is 2.13. The van der Waals surface area contributed by atoms with Gasteiger partial charge >= 0.3 is 0 Å². The second-order valence-electron chi connectivity index (χ2n) is 4.22. The van der Waals surface area contributed by atoms with Crippen molar-refractivity contribution in [2.45, 2.75) is 11.4 Å². The number of ether oxygens (including phenoxy) is 2. The minimum Gasteiger partial charge on any atom is -0.491 e. The van der Waals surface area contributed by atoms with Crippen LogP contribution in [0.25, 0.3) is 0 Å². The van der Waals surface area contributed by atoms with E-state index in [1.807, 2.05) is 17.5 Å². The Labute approximate surface area is 128 Å². The first-order valence-corrected chi connectivity index (χ1v) is 8.72. The third-order valence-electron chi connectivity index (χ3n) is 2.71. The van der Waals surface area contributed by atoms with Crippen molar-refractivity contribution < 1.29 is 17.9 Å². The summed E-state index contributed by atoms with van der Waals surface area (Å²) >= 11 is 1.51. The number of nitrogens with one attached hydrogen (secondary N) is 1. The predicted molar refractivity (Wildman–Crippen MR) is 82.2 cm³/mol. The highest BCUT2D eigenvalue weighted by atomic mass is 32.2. The van der Waals surface area contributed by atoms with Gasteiger partial charge in [-0.3, -0.25) is 0 Å². The molecule has 0 amide bonds. The van der Waals surface area contributed by atoms with Crippen LogP contribution >= 0.6 is 11.3 Å². The molecule has 0 bridgehead atoms. The van der Waals surface area contributed by atoms with Gasteiger partial charge in [0.25, 0.3) is 0 Å². The van der Waals surface area contributed by atoms with Crippen LogP contribution in [0.2, 0.25) is 0 Å². The third-order valence-corrected chi connectivity index (χ3v) is 5.00. The Morgan fingerprint density at radius 2 is 1.90 bits per heavy atom. The fraction of sp³-hybridized carbons (Fsp3) is 0.286. The number of methoxy groups -OCH3 is 1. The lowest BCUT2D eigenvalue weighted by molar-refractivity contribution is 0.146. The van der Waals surface area contributed by atoms with E-state index in [2.05, 4.69) is 4.72 Å². The molecule has 0 atom stereocenters. The fourth-order valence-electron chi connectivity index (χ4n) is 1.62. The molecule has 1 aromatic heterocycles. The summed E-state index contributed by atoms with van der Waals surface area (Å²) in [6, 6.07) is 10.1. The van der Waals surface area contributed by atoms with Gasteiger partial charge in [0.2, 0.25) is 10.0 Å². The van der Waals surface area contributed by atoms with Gasteiger partial charge in [0, 0.05) is 18.5 Å². The van der Waals surface area contributed by atoms with E-state index in [1.165, 1.54) is 23.5 Å². The van der Waals surface area contributed by atoms with Crippen LogP contribution in [-0.2, 0) is 21.3 Å². The monoisotopic (exact) mass is 327 g/mol. The Hall–Kier alpha value is -1.41. The van der Waals surface area contributed by atoms with E-state index in [-0.39, 0.29) is 4.90 Å². The average Bonchev–Trinajstić information content (AvgIpc) is 3.00. The Morgan fingerprint density at radius 3 is 2.52 bits per heavy atom. The van der Waals surface area contributed by atoms with Gasteiger partial charge in [-0.25, -0.2) is 13.1 Å². The highest BCUT2D eigenvalue weighted by Crippen LogP contribution is 2.17. The Kier molecular flexibility index (Phi) is 5.75. The molecule has 1 aromatic carbocycles. The van der Waals surface area contributed by atoms with E-state index in [4.69, 9.17) is 9.47 Å². The number of hydrogen-bond acceptors (Lipinski definition) is 5. The van der Waals surface area contributed by atoms with Crippen molar-refractivity contribution in [3.63, 3.8) is 0 Å². The number of benzene rings is 1. The first-order chi connectivity index (χ1) is 10.1. The zero-order valence-corrected chi connectivity index (χ0v) is 13.2. The van der Waals surface area contributed by atoms with Gasteiger partial charge in [0.1, 0.15) is 12.4 Å². The minimum atomic E-state index is -3.50. The van der Waals surface area contributed by atoms with Crippen LogP contribution < -0.4 is 9.46 Å². The highest BCUT2D eigenvalue weighted by molar-refractivity contribution is 7.89. The Balaban J connectivity index is 1.96. The number of hydrogen-bond donors (Lipinski definition) is 1. The zero-order chi connectivity index (χ0) is 15.1. The minimum absolute atomic E-state index is 0.221. The number of thiophene rings is 1. The van der Waals surface area contributed by atoms with Crippen molar-refractivity contribution in [3.8, 4) is 5.75 Å². The van der Waals surface area contributed by atoms with Gasteiger partial charge < -0.3 is 9.47 Å². The van der Waals surface area contributed by atoms with Crippen LogP contribution in [0.4, 0.5) is 0 Å². The van der Waals surface area contributed by atoms with Crippen molar-refractivity contribution in [2.24, 2.45) is 0 Å². The second-order valence-corrected chi connectivity index (χ2v) is 7.02. The standard InChI is InChI=1S/C14H17NO4S2/c1-18-8-9-19-12-4-6-14(7-5-12)21(16,17)15-11-13-3-2-10-20-13/h2-7,10,15H,8-9,11H2,1H3. The molecule has 0 aliphatic carbocycles. The molecular weight excluding hydrogens is 310 g/mol. The third kappa shape index (κ3) is 4.82. The quantitative estimate of drug-likeness (QED) is 0.755. The van der Waals surface area contributed by atoms with Gasteiger partial charge in [-0.15, -0.1) is 11.3 Å². The molecular formula is C14H17NO4S2. The number of sulfonamides is 1. The summed E-state index contributed by atoms with van der Waals surface area (Å²) in [5, 5.41) is 1.91. The molecule has 1 N–H and O–H groups in total. The van der Waals surface area contributed by atoms with Gasteiger partial charge in [0.15, 0.2) is 0 Å². The summed E-state index contributed by atoms with van der Waals surface area (Å²) in [7, 11) is -1.91. The van der Waals surface area contributed by atoms with E-state index in [0.717, 1.165) is 4.88 Å². The van der Waals surface area contributed by atoms with Gasteiger partial charge in [0.05, 0.1) is 11.5 Å². The van der Waals surface area contributed by atoms with E-state index in [1.54, 1.807) is 19.2 Å². The Bertz CT molecular complexity index is 636. The molecule has 114 valence electrons. The average molecular weight is 327 g/mol. The summed E-state index contributed by atoms with van der Waals surface area (Å²) in [5.74, 6) is 0.615. The summed E-state index contributed by atoms with van der Waals surface area (Å²) in [4.78, 5) is 1.19. The summed E-state index contributed by atoms with van der Waals surface area (Å²) in [6.07, 6.45) is 0. The predicted octanol–water partition coefficient (Wildman–Crippen LogP) is 2.25. The topological polar surface area (TPSA) is 64.6 Å². The van der Waals surface area contributed by atoms with E-state index in [0.29, 0.717) is 25.5 Å². The van der Waals surface area contributed by atoms with Crippen LogP contribution in [0.1, 0.15) is 4.88 Å². The molecule has 0 spiro atoms. The molecule has 0 aliphatic rings. The van der Waals surface area contributed by atoms with Crippen LogP contribution in [0.15, 0.2) is 46.7 Å². The molecule has 1 heterocycles. The van der Waals surface area contributed by atoms with Gasteiger partial charge in [-0.1, -0.05) is 6.07 Å². The number of rotatable bonds is 8. The van der Waals surface area contributed by atoms with E-state index < -0.39 is 10.0 Å². The summed E-state index contributed by atoms with van der Waals surface area (Å²) < 4.78 is 37.1. The van der Waals surface area contributed by atoms with Gasteiger partial charge in [-0.2, -0.15) is 0 Å². The zero-order valence-electron chi connectivity index (χ0n) is 11.6. The molecule has 5 nitrogen and oxygen atoms in total. The molecule has 2 rings (SSSR count). The molecule has 2 aromatic rings. The molecule has 0 aliphatic heterocycles. The molecule has 0 unspecified atom stereocenters. The van der Waals surface area contributed by atoms with Crippen molar-refractivity contribution in [1.82, 2.24) is 4.72 Å². The lowest BCUT2D eigenvalue weighted by atomic mass is 10.3. The lowest BCUT2D eigenvalue weighted by Crippen LogP contribution is -2.22. The van der Waals surface area contributed by atoms with E-state index in [9.17, 15) is 8.42 Å². The van der Waals surface area contributed by atoms with Crippen LogP contribution in [-0.4, -0.2) is 28.7 Å². The molecule has 0 radical (unpaired) electrons. The lowest BCUT2D eigenvalue weighted by Gasteiger charge is -2.08. The first kappa shape index (κ1) is 16.0. The molecule has 7 heteroatoms. The summed E-state index contributed by atoms with van der Waals surface area (Å²) in [6.45, 7) is 1.22. The smallest absolute Gasteiger partial charge is 0.240 e. The van der Waals surface area contributed by atoms with Crippen molar-refractivity contribution in [3.05, 3.63) is 46.7 Å². The van der Waals surface area contributed by atoms with Crippen molar-refractivity contribution >= 4 is 21.4 Å². The largest absolute Gasteiger partial charge is 0.491 e. The first-order valence-electron chi connectivity index (χ1n) is 6.35. The normalized spacial score (nSPS) is 11.5. The van der Waals surface area contributed by atoms with E-state index >= 15 is 0 Å². The van der Waals surface area contributed by atoms with Crippen LogP contribution in [0.3, 0.4) is 0 Å². The summed E-state index contributed by atoms with van der Waals surface area (Å²) in [5.41, 5.74) is 0. The maximum Gasteiger partial charge on any atom is 0.240 e. The maximum absolute atomic E-state index is 12.1. The maximum atomic E-state index is 12.1. The van der Waals surface area contributed by atoms with Crippen molar-refractivity contribution in [1.29, 1.82) is 0 Å². The van der Waals surface area contributed by atoms with Crippen molar-refractivity contribution in [2.75, 3.05) is 20.3 Å². The van der Waals surface area contributed by atoms with Gasteiger partial charge in [-0.05, 0) is 35.7 Å². The molecule has 0 fully saturated rings. The molecule has 0 saturated carbocycles. The van der Waals surface area contributed by atoms with Crippen LogP contribution in [0, 0.1) is 0 Å².